The van der Waals surface area contributed by atoms with Gasteiger partial charge in [0.05, 0.1) is 6.10 Å². The van der Waals surface area contributed by atoms with Gasteiger partial charge in [-0.2, -0.15) is 0 Å². The van der Waals surface area contributed by atoms with E-state index in [1.54, 1.807) is 5.57 Å². The van der Waals surface area contributed by atoms with Gasteiger partial charge in [-0.15, -0.1) is 0 Å². The molecule has 11 atom stereocenters. The summed E-state index contributed by atoms with van der Waals surface area (Å²) in [5.74, 6) is 7.17. The molecule has 0 aromatic carbocycles. The molecule has 1 N–H and O–H groups in total. The molecule has 176 valence electrons. The van der Waals surface area contributed by atoms with Crippen LogP contribution in [0.15, 0.2) is 11.6 Å². The van der Waals surface area contributed by atoms with Crippen molar-refractivity contribution in [3.05, 3.63) is 11.6 Å². The zero-order valence-electron chi connectivity index (χ0n) is 21.6. The lowest BCUT2D eigenvalue weighted by Crippen LogP contribution is -2.51. The van der Waals surface area contributed by atoms with E-state index < -0.39 is 0 Å². The fourth-order valence-electron chi connectivity index (χ4n) is 10.3. The summed E-state index contributed by atoms with van der Waals surface area (Å²) in [6, 6.07) is 0. The van der Waals surface area contributed by atoms with Crippen molar-refractivity contribution < 1.29 is 5.11 Å². The highest BCUT2D eigenvalue weighted by molar-refractivity contribution is 5.25. The third-order valence-electron chi connectivity index (χ3n) is 12.8. The van der Waals surface area contributed by atoms with Crippen molar-refractivity contribution in [3.8, 4) is 0 Å². The summed E-state index contributed by atoms with van der Waals surface area (Å²) in [6.45, 7) is 17.9. The third kappa shape index (κ3) is 3.18. The summed E-state index contributed by atoms with van der Waals surface area (Å²) in [4.78, 5) is 0. The number of aliphatic hydroxyl groups is 1. The lowest BCUT2D eigenvalue weighted by Gasteiger charge is -2.58. The van der Waals surface area contributed by atoms with E-state index in [4.69, 9.17) is 0 Å². The van der Waals surface area contributed by atoms with Crippen LogP contribution in [0.4, 0.5) is 0 Å². The SMILES string of the molecule is CC(C)[C@@H](C)[C@@]1(C)C[C@@H]1[C@H](C)[C@H]1CC[C@H]2[C@@H]3CC=C4C[C@@H](O)CC[C@]4(C)[C@H]3CC[C@]12C. The Bertz CT molecular complexity index is 737. The highest BCUT2D eigenvalue weighted by atomic mass is 16.3. The molecule has 4 fully saturated rings. The van der Waals surface area contributed by atoms with Crippen LogP contribution >= 0.6 is 0 Å². The van der Waals surface area contributed by atoms with Crippen LogP contribution in [0, 0.1) is 63.6 Å². The van der Waals surface area contributed by atoms with Crippen molar-refractivity contribution >= 4 is 0 Å². The van der Waals surface area contributed by atoms with E-state index in [-0.39, 0.29) is 6.10 Å². The van der Waals surface area contributed by atoms with Crippen LogP contribution < -0.4 is 0 Å². The van der Waals surface area contributed by atoms with Gasteiger partial charge in [-0.25, -0.2) is 0 Å². The van der Waals surface area contributed by atoms with Crippen molar-refractivity contribution in [3.63, 3.8) is 0 Å². The van der Waals surface area contributed by atoms with E-state index in [0.717, 1.165) is 60.2 Å². The fourth-order valence-corrected chi connectivity index (χ4v) is 10.3. The van der Waals surface area contributed by atoms with E-state index in [1.165, 1.54) is 44.9 Å². The van der Waals surface area contributed by atoms with Gasteiger partial charge < -0.3 is 5.11 Å². The summed E-state index contributed by atoms with van der Waals surface area (Å²) in [5.41, 5.74) is 3.17. The van der Waals surface area contributed by atoms with E-state index in [2.05, 4.69) is 54.5 Å². The summed E-state index contributed by atoms with van der Waals surface area (Å²) in [6.07, 6.45) is 14.4. The molecular weight excluding hydrogens is 376 g/mol. The maximum atomic E-state index is 10.3. The minimum Gasteiger partial charge on any atom is -0.393 e. The van der Waals surface area contributed by atoms with E-state index >= 15 is 0 Å². The third-order valence-corrected chi connectivity index (χ3v) is 12.8. The van der Waals surface area contributed by atoms with E-state index in [1.807, 2.05) is 0 Å². The summed E-state index contributed by atoms with van der Waals surface area (Å²) in [7, 11) is 0. The standard InChI is InChI=1S/C30H50O/c1-18(2)20(4)30(7)17-27(30)19(3)24-10-11-25-23-9-8-21-16-22(31)12-14-28(21,5)26(23)13-15-29(24,25)6/h8,18-20,22-27,31H,9-17H2,1-7H3/t19-,20-,22+,23+,24-,25+,26+,27-,28+,29-,30-/m1/s1. The topological polar surface area (TPSA) is 20.2 Å². The maximum Gasteiger partial charge on any atom is 0.0577 e. The molecule has 5 rings (SSSR count). The average molecular weight is 427 g/mol. The molecular formula is C30H50O. The minimum atomic E-state index is -0.0810. The molecule has 31 heavy (non-hydrogen) atoms. The molecule has 0 heterocycles. The molecule has 0 bridgehead atoms. The van der Waals surface area contributed by atoms with Crippen molar-refractivity contribution in [1.82, 2.24) is 0 Å². The Morgan fingerprint density at radius 2 is 1.65 bits per heavy atom. The molecule has 4 saturated carbocycles. The quantitative estimate of drug-likeness (QED) is 0.453. The average Bonchev–Trinajstić information content (AvgIpc) is 3.29. The summed E-state index contributed by atoms with van der Waals surface area (Å²) in [5, 5.41) is 10.3. The first-order chi connectivity index (χ1) is 14.5. The van der Waals surface area contributed by atoms with Gasteiger partial charge in [0.15, 0.2) is 0 Å². The minimum absolute atomic E-state index is 0.0810. The molecule has 0 unspecified atom stereocenters. The Morgan fingerprint density at radius 1 is 0.903 bits per heavy atom. The van der Waals surface area contributed by atoms with Crippen molar-refractivity contribution in [2.24, 2.45) is 63.6 Å². The van der Waals surface area contributed by atoms with Gasteiger partial charge in [0.1, 0.15) is 0 Å². The van der Waals surface area contributed by atoms with Crippen LogP contribution in [0.3, 0.4) is 0 Å². The number of hydrogen-bond donors (Lipinski definition) is 1. The maximum absolute atomic E-state index is 10.3. The number of fused-ring (bicyclic) bond motifs is 5. The number of hydrogen-bond acceptors (Lipinski definition) is 1. The monoisotopic (exact) mass is 426 g/mol. The fraction of sp³-hybridized carbons (Fsp3) is 0.933. The zero-order chi connectivity index (χ0) is 22.3. The van der Waals surface area contributed by atoms with Gasteiger partial charge in [-0.1, -0.05) is 60.1 Å². The van der Waals surface area contributed by atoms with Gasteiger partial charge in [0.2, 0.25) is 0 Å². The van der Waals surface area contributed by atoms with E-state index in [9.17, 15) is 5.11 Å². The lowest BCUT2D eigenvalue weighted by atomic mass is 9.47. The highest BCUT2D eigenvalue weighted by Crippen LogP contribution is 2.71. The van der Waals surface area contributed by atoms with Gasteiger partial charge >= 0.3 is 0 Å². The molecule has 0 amide bonds. The Hall–Kier alpha value is -0.300. The molecule has 0 aromatic rings. The number of aliphatic hydroxyl groups excluding tert-OH is 1. The summed E-state index contributed by atoms with van der Waals surface area (Å²) < 4.78 is 0. The molecule has 5 aliphatic rings. The van der Waals surface area contributed by atoms with Crippen molar-refractivity contribution in [2.45, 2.75) is 112 Å². The van der Waals surface area contributed by atoms with Crippen LogP contribution in [0.2, 0.25) is 0 Å². The molecule has 0 aliphatic heterocycles. The van der Waals surface area contributed by atoms with Gasteiger partial charge in [-0.3, -0.25) is 0 Å². The molecule has 0 saturated heterocycles. The Morgan fingerprint density at radius 3 is 2.35 bits per heavy atom. The second-order valence-corrected chi connectivity index (χ2v) is 14.1. The molecule has 0 aromatic heterocycles. The first-order valence-corrected chi connectivity index (χ1v) is 13.9. The predicted molar refractivity (Wildman–Crippen MR) is 131 cm³/mol. The first-order valence-electron chi connectivity index (χ1n) is 13.9. The van der Waals surface area contributed by atoms with Gasteiger partial charge in [0, 0.05) is 0 Å². The first kappa shape index (κ1) is 22.5. The smallest absolute Gasteiger partial charge is 0.0577 e. The zero-order valence-corrected chi connectivity index (χ0v) is 21.6. The van der Waals surface area contributed by atoms with Gasteiger partial charge in [-0.05, 0) is 121 Å². The summed E-state index contributed by atoms with van der Waals surface area (Å²) >= 11 is 0. The second-order valence-electron chi connectivity index (χ2n) is 14.1. The molecule has 1 nitrogen and oxygen atoms in total. The molecule has 0 spiro atoms. The Balaban J connectivity index is 1.35. The lowest BCUT2D eigenvalue weighted by molar-refractivity contribution is -0.0592. The van der Waals surface area contributed by atoms with Crippen molar-refractivity contribution in [1.29, 1.82) is 0 Å². The Labute approximate surface area is 192 Å². The van der Waals surface area contributed by atoms with Crippen LogP contribution in [0.25, 0.3) is 0 Å². The highest BCUT2D eigenvalue weighted by Gasteiger charge is 2.63. The van der Waals surface area contributed by atoms with Crippen molar-refractivity contribution in [2.75, 3.05) is 0 Å². The largest absolute Gasteiger partial charge is 0.393 e. The van der Waals surface area contributed by atoms with Crippen LogP contribution in [0.5, 0.6) is 0 Å². The predicted octanol–water partition coefficient (Wildman–Crippen LogP) is 7.88. The Kier molecular flexibility index (Phi) is 5.33. The number of rotatable bonds is 4. The van der Waals surface area contributed by atoms with E-state index in [0.29, 0.717) is 16.2 Å². The van der Waals surface area contributed by atoms with Crippen LogP contribution in [-0.2, 0) is 0 Å². The number of allylic oxidation sites excluding steroid dienone is 1. The van der Waals surface area contributed by atoms with Crippen LogP contribution in [-0.4, -0.2) is 11.2 Å². The normalized spacial score (nSPS) is 53.3. The molecule has 1 heteroatoms. The van der Waals surface area contributed by atoms with Gasteiger partial charge in [0.25, 0.3) is 0 Å². The second kappa shape index (κ2) is 7.35. The molecule has 5 aliphatic carbocycles. The molecule has 0 radical (unpaired) electrons. The van der Waals surface area contributed by atoms with Crippen LogP contribution in [0.1, 0.15) is 106 Å².